The summed E-state index contributed by atoms with van der Waals surface area (Å²) in [6.45, 7) is 4.51. The van der Waals surface area contributed by atoms with Crippen molar-refractivity contribution in [3.8, 4) is 0 Å². The van der Waals surface area contributed by atoms with E-state index in [-0.39, 0.29) is 25.7 Å². The number of esters is 4. The van der Waals surface area contributed by atoms with Gasteiger partial charge in [0.15, 0.2) is 12.2 Å². The standard InChI is InChI=1S/C77H130O17P2/c1-5-9-13-17-21-25-29-31-33-34-35-36-38-39-43-46-50-54-58-62-75(80)88-68-73(94-77(82)64-60-56-52-48-44-40-37-32-30-26-22-18-14-10-6-2)70-92-96(85,86)90-66-71(78)65-89-95(83,84)91-69-72(93-76(81)63-59-55-51-47-42-28-24-20-16-12-8-4)67-87-74(79)61-57-53-49-45-41-27-23-19-15-11-7-3/h9,13,19-26,31-33,35-37,39,43,50,54,71-73,78H,5-8,10-12,14-18,27-30,34,38,40-42,44-49,51-53,55-70H2,1-4H3,(H,83,84)(H,85,86)/b13-9-,23-19-,24-20-,25-21-,26-22-,33-31-,36-35-,37-32-,43-39-,54-50-. The second-order valence-corrected chi connectivity index (χ2v) is 27.0. The Bertz CT molecular complexity index is 2300. The van der Waals surface area contributed by atoms with E-state index in [1.54, 1.807) is 0 Å². The molecule has 5 atom stereocenters. The van der Waals surface area contributed by atoms with Gasteiger partial charge in [-0.15, -0.1) is 0 Å². The van der Waals surface area contributed by atoms with Crippen LogP contribution in [0.25, 0.3) is 0 Å². The number of ether oxygens (including phenoxy) is 4. The molecule has 0 heterocycles. The fraction of sp³-hybridized carbons (Fsp3) is 0.688. The lowest BCUT2D eigenvalue weighted by Crippen LogP contribution is -2.30. The maximum absolute atomic E-state index is 13.1. The second-order valence-electron chi connectivity index (χ2n) is 24.1. The van der Waals surface area contributed by atoms with Gasteiger partial charge in [-0.2, -0.15) is 0 Å². The van der Waals surface area contributed by atoms with Gasteiger partial charge in [-0.05, 0) is 135 Å². The van der Waals surface area contributed by atoms with Gasteiger partial charge in [0.25, 0.3) is 0 Å². The minimum atomic E-state index is -4.99. The molecule has 0 saturated carbocycles. The number of rotatable bonds is 68. The average molecular weight is 1390 g/mol. The lowest BCUT2D eigenvalue weighted by atomic mass is 10.1. The highest BCUT2D eigenvalue weighted by atomic mass is 31.2. The second kappa shape index (κ2) is 69.0. The SMILES string of the molecule is CC/C=C\C/C=C\C/C=C\C/C=C\C/C=C\C/C=C\CCC(=O)OCC(COP(=O)(O)OCC(O)COP(=O)(O)OCC(COC(=O)CCCCCCC/C=C\CCCC)OC(=O)CCCCCCC/C=C\CCCC)OC(=O)CCCCCCC/C=C\C/C=C\CCCCC. The van der Waals surface area contributed by atoms with Crippen molar-refractivity contribution in [3.63, 3.8) is 0 Å². The zero-order chi connectivity index (χ0) is 70.4. The number of phosphoric acid groups is 2. The van der Waals surface area contributed by atoms with Crippen molar-refractivity contribution in [1.82, 2.24) is 0 Å². The van der Waals surface area contributed by atoms with Gasteiger partial charge >= 0.3 is 39.5 Å². The van der Waals surface area contributed by atoms with Crippen LogP contribution in [0.15, 0.2) is 122 Å². The molecule has 0 bridgehead atoms. The molecule has 0 amide bonds. The topological polar surface area (TPSA) is 237 Å². The van der Waals surface area contributed by atoms with Crippen LogP contribution in [0.5, 0.6) is 0 Å². The fourth-order valence-corrected chi connectivity index (χ4v) is 10.8. The normalized spacial score (nSPS) is 14.7. The summed E-state index contributed by atoms with van der Waals surface area (Å²) in [5.74, 6) is -2.31. The highest BCUT2D eigenvalue weighted by Crippen LogP contribution is 2.45. The number of hydrogen-bond acceptors (Lipinski definition) is 15. The molecule has 19 heteroatoms. The van der Waals surface area contributed by atoms with Crippen molar-refractivity contribution in [2.45, 2.75) is 303 Å². The Morgan fingerprint density at radius 3 is 0.938 bits per heavy atom. The van der Waals surface area contributed by atoms with E-state index in [9.17, 15) is 43.2 Å². The van der Waals surface area contributed by atoms with Gasteiger partial charge in [0.05, 0.1) is 26.4 Å². The van der Waals surface area contributed by atoms with Crippen LogP contribution in [0.4, 0.5) is 0 Å². The number of aliphatic hydroxyl groups is 1. The van der Waals surface area contributed by atoms with Crippen LogP contribution in [-0.2, 0) is 65.4 Å². The Balaban J connectivity index is 5.41. The molecule has 0 spiro atoms. The van der Waals surface area contributed by atoms with E-state index in [0.29, 0.717) is 32.1 Å². The van der Waals surface area contributed by atoms with Crippen molar-refractivity contribution in [1.29, 1.82) is 0 Å². The summed E-state index contributed by atoms with van der Waals surface area (Å²) in [5, 5.41) is 10.6. The summed E-state index contributed by atoms with van der Waals surface area (Å²) in [5.41, 5.74) is 0. The molecule has 5 unspecified atom stereocenters. The van der Waals surface area contributed by atoms with Crippen LogP contribution in [0.1, 0.15) is 285 Å². The summed E-state index contributed by atoms with van der Waals surface area (Å²) in [7, 11) is -9.97. The van der Waals surface area contributed by atoms with Gasteiger partial charge < -0.3 is 33.8 Å². The van der Waals surface area contributed by atoms with E-state index >= 15 is 0 Å². The molecule has 550 valence electrons. The molecule has 0 aliphatic carbocycles. The van der Waals surface area contributed by atoms with E-state index in [4.69, 9.17) is 37.0 Å². The minimum absolute atomic E-state index is 0.0307. The molecule has 0 rings (SSSR count). The molecular formula is C77H130O17P2. The van der Waals surface area contributed by atoms with Crippen molar-refractivity contribution >= 4 is 39.5 Å². The number of carbonyl (C=O) groups is 4. The van der Waals surface area contributed by atoms with E-state index in [1.807, 2.05) is 18.2 Å². The highest BCUT2D eigenvalue weighted by Gasteiger charge is 2.30. The van der Waals surface area contributed by atoms with Crippen LogP contribution in [-0.4, -0.2) is 96.7 Å². The number of allylic oxidation sites excluding steroid dienone is 20. The molecule has 0 saturated heterocycles. The van der Waals surface area contributed by atoms with Gasteiger partial charge in [-0.3, -0.25) is 37.3 Å². The third-order valence-electron chi connectivity index (χ3n) is 14.9. The Morgan fingerprint density at radius 2 is 0.573 bits per heavy atom. The molecule has 0 fully saturated rings. The molecule has 17 nitrogen and oxygen atoms in total. The van der Waals surface area contributed by atoms with E-state index in [1.165, 1.54) is 44.9 Å². The Hall–Kier alpha value is -4.54. The molecular weight excluding hydrogens is 1260 g/mol. The van der Waals surface area contributed by atoms with Crippen molar-refractivity contribution < 1.29 is 80.2 Å². The molecule has 0 aromatic heterocycles. The Labute approximate surface area is 581 Å². The third kappa shape index (κ3) is 68.0. The first-order valence-electron chi connectivity index (χ1n) is 36.8. The summed E-state index contributed by atoms with van der Waals surface area (Å²) in [6, 6.07) is 0. The quantitative estimate of drug-likeness (QED) is 0.0169. The molecule has 0 aromatic rings. The first-order valence-corrected chi connectivity index (χ1v) is 39.8. The van der Waals surface area contributed by atoms with Crippen LogP contribution >= 0.6 is 15.6 Å². The molecule has 3 N–H and O–H groups in total. The molecule has 96 heavy (non-hydrogen) atoms. The number of aliphatic hydroxyl groups excluding tert-OH is 1. The highest BCUT2D eigenvalue weighted by molar-refractivity contribution is 7.47. The molecule has 0 aliphatic heterocycles. The maximum atomic E-state index is 13.1. The number of phosphoric ester groups is 2. The van der Waals surface area contributed by atoms with E-state index in [0.717, 1.165) is 154 Å². The van der Waals surface area contributed by atoms with Crippen LogP contribution in [0.2, 0.25) is 0 Å². The van der Waals surface area contributed by atoms with Crippen molar-refractivity contribution in [3.05, 3.63) is 122 Å². The summed E-state index contributed by atoms with van der Waals surface area (Å²) in [6.07, 6.45) is 73.7. The van der Waals surface area contributed by atoms with Gasteiger partial charge in [0.1, 0.15) is 19.3 Å². The largest absolute Gasteiger partial charge is 0.472 e. The van der Waals surface area contributed by atoms with Crippen LogP contribution in [0.3, 0.4) is 0 Å². The molecule has 0 aromatic carbocycles. The van der Waals surface area contributed by atoms with Crippen molar-refractivity contribution in [2.75, 3.05) is 39.6 Å². The number of unbranched alkanes of at least 4 members (excludes halogenated alkanes) is 22. The van der Waals surface area contributed by atoms with Crippen molar-refractivity contribution in [2.24, 2.45) is 0 Å². The average Bonchev–Trinajstić information content (AvgIpc) is 1.41. The first kappa shape index (κ1) is 91.5. The predicted octanol–water partition coefficient (Wildman–Crippen LogP) is 20.8. The summed E-state index contributed by atoms with van der Waals surface area (Å²) in [4.78, 5) is 72.6. The smallest absolute Gasteiger partial charge is 0.462 e. The van der Waals surface area contributed by atoms with Gasteiger partial charge in [-0.25, -0.2) is 9.13 Å². The van der Waals surface area contributed by atoms with E-state index in [2.05, 4.69) is 131 Å². The van der Waals surface area contributed by atoms with E-state index < -0.39 is 97.5 Å². The number of carbonyl (C=O) groups excluding carboxylic acids is 4. The third-order valence-corrected chi connectivity index (χ3v) is 16.8. The molecule has 0 aliphatic rings. The summed E-state index contributed by atoms with van der Waals surface area (Å²) < 4.78 is 68.2. The molecule has 0 radical (unpaired) electrons. The lowest BCUT2D eigenvalue weighted by molar-refractivity contribution is -0.161. The fourth-order valence-electron chi connectivity index (χ4n) is 9.24. The predicted molar refractivity (Wildman–Crippen MR) is 390 cm³/mol. The number of hydrogen-bond donors (Lipinski definition) is 3. The van der Waals surface area contributed by atoms with Gasteiger partial charge in [0.2, 0.25) is 0 Å². The lowest BCUT2D eigenvalue weighted by Gasteiger charge is -2.21. The first-order chi connectivity index (χ1) is 46.7. The summed E-state index contributed by atoms with van der Waals surface area (Å²) >= 11 is 0. The minimum Gasteiger partial charge on any atom is -0.462 e. The van der Waals surface area contributed by atoms with Gasteiger partial charge in [-0.1, -0.05) is 246 Å². The zero-order valence-electron chi connectivity index (χ0n) is 59.8. The zero-order valence-corrected chi connectivity index (χ0v) is 61.5. The maximum Gasteiger partial charge on any atom is 0.472 e. The van der Waals surface area contributed by atoms with Gasteiger partial charge in [0, 0.05) is 25.7 Å². The Kier molecular flexibility index (Phi) is 65.7. The van der Waals surface area contributed by atoms with Crippen LogP contribution < -0.4 is 0 Å². The Morgan fingerprint density at radius 1 is 0.302 bits per heavy atom. The monoisotopic (exact) mass is 1390 g/mol. The van der Waals surface area contributed by atoms with Crippen LogP contribution in [0, 0.1) is 0 Å².